The number of hydrogen-bond donors (Lipinski definition) is 0. The number of benzene rings is 8. The predicted molar refractivity (Wildman–Crippen MR) is 276 cm³/mol. The Morgan fingerprint density at radius 3 is 1.61 bits per heavy atom. The van der Waals surface area contributed by atoms with Crippen LogP contribution in [0.2, 0.25) is 0 Å². The number of para-hydroxylation sites is 1. The van der Waals surface area contributed by atoms with Crippen LogP contribution in [0.1, 0.15) is 0 Å². The van der Waals surface area contributed by atoms with Crippen molar-refractivity contribution < 1.29 is 4.42 Å². The van der Waals surface area contributed by atoms with Crippen molar-refractivity contribution in [3.63, 3.8) is 0 Å². The molecule has 0 fully saturated rings. The number of rotatable bonds is 6. The molecule has 262 valence electrons. The lowest BCUT2D eigenvalue weighted by Gasteiger charge is -2.34. The zero-order valence-electron chi connectivity index (χ0n) is 34.6. The van der Waals surface area contributed by atoms with Crippen LogP contribution >= 0.6 is 0 Å². The summed E-state index contributed by atoms with van der Waals surface area (Å²) in [5, 5.41) is 4.58. The monoisotopic (exact) mass is 721 g/mol. The number of anilines is 3. The smallest absolute Gasteiger partial charge is 0.143 e. The van der Waals surface area contributed by atoms with Crippen molar-refractivity contribution in [2.24, 2.45) is 0 Å². The van der Waals surface area contributed by atoms with Crippen LogP contribution in [0.5, 0.6) is 0 Å². The highest BCUT2D eigenvalue weighted by Crippen LogP contribution is 2.45. The summed E-state index contributed by atoms with van der Waals surface area (Å²) >= 11 is 0. The van der Waals surface area contributed by atoms with Crippen LogP contribution in [-0.4, -0.2) is 70.6 Å². The molecule has 0 atom stereocenters. The minimum Gasteiger partial charge on any atom is -0.455 e. The first kappa shape index (κ1) is 36.8. The largest absolute Gasteiger partial charge is 0.455 e. The van der Waals surface area contributed by atoms with Gasteiger partial charge in [-0.2, -0.15) is 0 Å². The maximum Gasteiger partial charge on any atom is 0.143 e. The average Bonchev–Trinajstić information content (AvgIpc) is 3.64. The molecule has 0 bridgehead atoms. The van der Waals surface area contributed by atoms with Gasteiger partial charge >= 0.3 is 0 Å². The normalized spacial score (nSPS) is 11.4. The third-order valence-electron chi connectivity index (χ3n) is 13.1. The molecule has 0 aliphatic heterocycles. The van der Waals surface area contributed by atoms with Gasteiger partial charge in [-0.1, -0.05) is 136 Å². The molecule has 9 aromatic rings. The van der Waals surface area contributed by atoms with Crippen molar-refractivity contribution in [1.82, 2.24) is 0 Å². The summed E-state index contributed by atoms with van der Waals surface area (Å²) in [5.74, 6) is 0. The molecule has 0 spiro atoms. The van der Waals surface area contributed by atoms with Crippen LogP contribution < -0.4 is 54.1 Å². The molecule has 0 N–H and O–H groups in total. The summed E-state index contributed by atoms with van der Waals surface area (Å²) in [6.45, 7) is 0. The molecule has 0 saturated heterocycles. The fourth-order valence-electron chi connectivity index (χ4n) is 9.37. The van der Waals surface area contributed by atoms with Crippen molar-refractivity contribution in [2.75, 3.05) is 4.90 Å². The molecule has 0 saturated carbocycles. The highest BCUT2D eigenvalue weighted by Gasteiger charge is 2.27. The van der Waals surface area contributed by atoms with E-state index in [1.807, 2.05) is 0 Å². The molecule has 1 aromatic heterocycles. The Bertz CT molecular complexity index is 3010. The van der Waals surface area contributed by atoms with Gasteiger partial charge in [-0.25, -0.2) is 0 Å². The fourth-order valence-corrected chi connectivity index (χ4v) is 9.37. The number of fused-ring (bicyclic) bond motifs is 5. The van der Waals surface area contributed by atoms with Crippen molar-refractivity contribution in [2.45, 2.75) is 0 Å². The molecule has 57 heavy (non-hydrogen) atoms. The van der Waals surface area contributed by atoms with Crippen molar-refractivity contribution in [3.05, 3.63) is 133 Å². The molecule has 0 aliphatic rings. The second kappa shape index (κ2) is 14.3. The summed E-state index contributed by atoms with van der Waals surface area (Å²) in [5.41, 5.74) is 24.9. The van der Waals surface area contributed by atoms with E-state index in [0.29, 0.717) is 0 Å². The first-order valence-electron chi connectivity index (χ1n) is 20.1. The molecular weight excluding hydrogens is 680 g/mol. The molecule has 2 nitrogen and oxygen atoms in total. The summed E-state index contributed by atoms with van der Waals surface area (Å²) in [6.07, 6.45) is 0. The van der Waals surface area contributed by atoms with Gasteiger partial charge in [0.15, 0.2) is 0 Å². The lowest BCUT2D eigenvalue weighted by Crippen LogP contribution is -2.57. The summed E-state index contributed by atoms with van der Waals surface area (Å²) < 4.78 is 6.71. The molecule has 11 heteroatoms. The van der Waals surface area contributed by atoms with Crippen molar-refractivity contribution in [1.29, 1.82) is 0 Å². The molecule has 0 amide bonds. The van der Waals surface area contributed by atoms with Gasteiger partial charge in [0, 0.05) is 33.1 Å². The van der Waals surface area contributed by atoms with Crippen LogP contribution in [0.15, 0.2) is 138 Å². The Morgan fingerprint density at radius 1 is 0.386 bits per heavy atom. The summed E-state index contributed by atoms with van der Waals surface area (Å²) in [4.78, 5) is 2.51. The number of nitrogens with zero attached hydrogens (tertiary/aromatic N) is 1. The van der Waals surface area contributed by atoms with Crippen LogP contribution in [0.3, 0.4) is 0 Å². The highest BCUT2D eigenvalue weighted by molar-refractivity contribution is 6.71. The molecule has 8 aromatic carbocycles. The minimum atomic E-state index is 0.894. The van der Waals surface area contributed by atoms with Gasteiger partial charge < -0.3 is 9.32 Å². The molecule has 1 heterocycles. The van der Waals surface area contributed by atoms with E-state index in [9.17, 15) is 0 Å². The van der Waals surface area contributed by atoms with E-state index in [4.69, 9.17) is 4.42 Å². The number of furan rings is 1. The Balaban J connectivity index is 1.32. The van der Waals surface area contributed by atoms with Gasteiger partial charge in [0.25, 0.3) is 0 Å². The van der Waals surface area contributed by atoms with Crippen molar-refractivity contribution >= 4 is 170 Å². The topological polar surface area (TPSA) is 16.4 Å². The molecule has 0 radical (unpaired) electrons. The first-order chi connectivity index (χ1) is 27.6. The van der Waals surface area contributed by atoms with Crippen LogP contribution in [-0.2, 0) is 0 Å². The SMILES string of the molecule is Bc1c(B)c(B)c(-c2c(B)c(B)c(N(c3ccc(-c4ccccc4)cc3)c3ccccc3-c3cccc4oc5c6ccccc6ccc5c34)c(B)c2B)c(B)c1B. The first-order valence-corrected chi connectivity index (χ1v) is 20.1. The second-order valence-electron chi connectivity index (χ2n) is 15.9. The lowest BCUT2D eigenvalue weighted by molar-refractivity contribution is 0.673. The Morgan fingerprint density at radius 2 is 0.930 bits per heavy atom. The van der Waals surface area contributed by atoms with Crippen molar-refractivity contribution in [3.8, 4) is 33.4 Å². The third-order valence-corrected chi connectivity index (χ3v) is 13.1. The van der Waals surface area contributed by atoms with Gasteiger partial charge in [0.1, 0.15) is 81.8 Å². The molecular formula is C46H40B9NO. The van der Waals surface area contributed by atoms with Gasteiger partial charge in [0.05, 0.1) is 5.69 Å². The van der Waals surface area contributed by atoms with E-state index in [-0.39, 0.29) is 0 Å². The van der Waals surface area contributed by atoms with Gasteiger partial charge in [0.2, 0.25) is 0 Å². The average molecular weight is 720 g/mol. The third kappa shape index (κ3) is 5.85. The zero-order chi connectivity index (χ0) is 39.7. The van der Waals surface area contributed by atoms with E-state index >= 15 is 0 Å². The Labute approximate surface area is 344 Å². The Hall–Kier alpha value is -5.80. The fraction of sp³-hybridized carbons (Fsp3) is 0. The lowest BCUT2D eigenvalue weighted by atomic mass is 9.56. The van der Waals surface area contributed by atoms with E-state index in [1.165, 1.54) is 82.5 Å². The highest BCUT2D eigenvalue weighted by atomic mass is 16.3. The predicted octanol–water partition coefficient (Wildman–Crippen LogP) is -2.46. The van der Waals surface area contributed by atoms with Crippen LogP contribution in [0.25, 0.3) is 66.1 Å². The van der Waals surface area contributed by atoms with E-state index in [0.717, 1.165) is 49.8 Å². The maximum atomic E-state index is 6.71. The maximum absolute atomic E-state index is 6.71. The summed E-state index contributed by atoms with van der Waals surface area (Å²) in [6, 6.07) is 48.1. The van der Waals surface area contributed by atoms with E-state index < -0.39 is 0 Å². The Kier molecular flexibility index (Phi) is 9.24. The van der Waals surface area contributed by atoms with Gasteiger partial charge in [-0.15, -0.1) is 16.4 Å². The standard InChI is InChI=1S/C46H40B9NO/c47-36-34(37(48)41(52)42(53)40(36)51)35-38(49)43(54)45(44(55)39(35)50)56(26-20-17-24(18-21-26)23-9-2-1-3-10-23)31-15-7-6-13-28(31)29-14-8-16-32-33(29)30-22-19-25-11-4-5-12-27(25)46(30)57-32/h1-22H,47-55H2. The van der Waals surface area contributed by atoms with Gasteiger partial charge in [-0.3, -0.25) is 0 Å². The number of hydrogen-bond acceptors (Lipinski definition) is 2. The molecule has 0 unspecified atom stereocenters. The summed E-state index contributed by atoms with van der Waals surface area (Å²) in [7, 11) is 20.7. The van der Waals surface area contributed by atoms with Crippen LogP contribution in [0.4, 0.5) is 17.1 Å². The van der Waals surface area contributed by atoms with Gasteiger partial charge in [-0.05, 0) is 63.5 Å². The second-order valence-corrected chi connectivity index (χ2v) is 15.9. The molecule has 0 aliphatic carbocycles. The minimum absolute atomic E-state index is 0.894. The van der Waals surface area contributed by atoms with Crippen LogP contribution in [0, 0.1) is 0 Å². The zero-order valence-corrected chi connectivity index (χ0v) is 34.6. The quantitative estimate of drug-likeness (QED) is 0.178. The molecule has 9 rings (SSSR count). The van der Waals surface area contributed by atoms with E-state index in [1.54, 1.807) is 0 Å². The van der Waals surface area contributed by atoms with E-state index in [2.05, 4.69) is 209 Å².